The molecular weight excluding hydrogens is 339 g/mol. The van der Waals surface area contributed by atoms with Gasteiger partial charge in [0.15, 0.2) is 0 Å². The van der Waals surface area contributed by atoms with Crippen molar-refractivity contribution in [2.24, 2.45) is 4.99 Å². The van der Waals surface area contributed by atoms with E-state index in [1.807, 2.05) is 25.1 Å². The zero-order valence-electron chi connectivity index (χ0n) is 14.3. The van der Waals surface area contributed by atoms with E-state index in [-0.39, 0.29) is 5.41 Å². The molecule has 0 saturated carbocycles. The third kappa shape index (κ3) is 2.74. The highest BCUT2D eigenvalue weighted by atomic mass is 35.5. The Hall–Kier alpha value is -1.77. The van der Waals surface area contributed by atoms with Crippen molar-refractivity contribution in [1.29, 1.82) is 0 Å². The van der Waals surface area contributed by atoms with Crippen molar-refractivity contribution in [2.45, 2.75) is 26.2 Å². The molecule has 0 radical (unpaired) electrons. The summed E-state index contributed by atoms with van der Waals surface area (Å²) in [5, 5.41) is 1.15. The summed E-state index contributed by atoms with van der Waals surface area (Å²) in [6.07, 6.45) is 3.82. The Morgan fingerprint density at radius 2 is 1.79 bits per heavy atom. The van der Waals surface area contributed by atoms with Crippen LogP contribution in [0.2, 0.25) is 10.0 Å². The molecule has 0 N–H and O–H groups in total. The van der Waals surface area contributed by atoms with Crippen molar-refractivity contribution < 1.29 is 0 Å². The Kier molecular flexibility index (Phi) is 4.46. The average molecular weight is 359 g/mol. The number of para-hydroxylation sites is 1. The van der Waals surface area contributed by atoms with Crippen molar-refractivity contribution in [2.75, 3.05) is 11.9 Å². The first kappa shape index (κ1) is 17.1. The Bertz CT molecular complexity index is 851. The van der Waals surface area contributed by atoms with Crippen LogP contribution in [-0.4, -0.2) is 13.3 Å². The highest BCUT2D eigenvalue weighted by Crippen LogP contribution is 2.46. The van der Waals surface area contributed by atoms with E-state index < -0.39 is 0 Å². The fourth-order valence-electron chi connectivity index (χ4n) is 3.24. The summed E-state index contributed by atoms with van der Waals surface area (Å²) in [7, 11) is 2.08. The summed E-state index contributed by atoms with van der Waals surface area (Å²) in [5.41, 5.74) is 5.25. The van der Waals surface area contributed by atoms with E-state index in [4.69, 9.17) is 23.2 Å². The van der Waals surface area contributed by atoms with Gasteiger partial charge in [0.1, 0.15) is 5.69 Å². The van der Waals surface area contributed by atoms with E-state index in [2.05, 4.69) is 55.1 Å². The van der Waals surface area contributed by atoms with Gasteiger partial charge < -0.3 is 4.90 Å². The summed E-state index contributed by atoms with van der Waals surface area (Å²) in [6, 6.07) is 12.2. The number of anilines is 1. The Labute approximate surface area is 153 Å². The summed E-state index contributed by atoms with van der Waals surface area (Å²) in [5.74, 6) is 0. The fraction of sp³-hybridized carbons (Fsp3) is 0.250. The number of hydrogen-bond acceptors (Lipinski definition) is 2. The number of allylic oxidation sites excluding steroid dienone is 2. The molecule has 1 heterocycles. The maximum atomic E-state index is 6.32. The van der Waals surface area contributed by atoms with Crippen LogP contribution in [0.1, 0.15) is 25.0 Å². The Morgan fingerprint density at radius 3 is 2.50 bits per heavy atom. The highest BCUT2D eigenvalue weighted by molar-refractivity contribution is 6.39. The van der Waals surface area contributed by atoms with E-state index >= 15 is 0 Å². The second-order valence-electron chi connectivity index (χ2n) is 6.56. The maximum Gasteiger partial charge on any atom is 0.100 e. The fourth-order valence-corrected chi connectivity index (χ4v) is 3.71. The van der Waals surface area contributed by atoms with Gasteiger partial charge in [0.05, 0.1) is 10.0 Å². The van der Waals surface area contributed by atoms with Crippen molar-refractivity contribution in [3.05, 3.63) is 69.3 Å². The molecule has 0 fully saturated rings. The number of aliphatic imine (C=N–C) groups is 1. The first-order chi connectivity index (χ1) is 11.3. The van der Waals surface area contributed by atoms with Crippen LogP contribution in [0.4, 0.5) is 11.4 Å². The van der Waals surface area contributed by atoms with Crippen LogP contribution in [0.15, 0.2) is 53.2 Å². The number of likely N-dealkylation sites (N-methyl/N-ethyl adjacent to an activating group) is 1. The van der Waals surface area contributed by atoms with Gasteiger partial charge in [-0.3, -0.25) is 4.99 Å². The zero-order chi connectivity index (χ0) is 17.5. The number of aryl methyl sites for hydroxylation is 1. The molecule has 4 heteroatoms. The molecule has 2 nitrogen and oxygen atoms in total. The van der Waals surface area contributed by atoms with Crippen LogP contribution in [0, 0.1) is 6.92 Å². The van der Waals surface area contributed by atoms with Crippen LogP contribution >= 0.6 is 23.2 Å². The number of halogens is 2. The van der Waals surface area contributed by atoms with Gasteiger partial charge in [0.25, 0.3) is 0 Å². The average Bonchev–Trinajstić information content (AvgIpc) is 2.75. The van der Waals surface area contributed by atoms with E-state index in [0.29, 0.717) is 15.7 Å². The van der Waals surface area contributed by atoms with Crippen molar-refractivity contribution in [1.82, 2.24) is 0 Å². The molecule has 1 aliphatic heterocycles. The van der Waals surface area contributed by atoms with Crippen LogP contribution < -0.4 is 4.90 Å². The van der Waals surface area contributed by atoms with E-state index in [1.165, 1.54) is 16.9 Å². The van der Waals surface area contributed by atoms with Gasteiger partial charge in [-0.2, -0.15) is 0 Å². The van der Waals surface area contributed by atoms with Gasteiger partial charge in [0, 0.05) is 30.1 Å². The first-order valence-electron chi connectivity index (χ1n) is 7.86. The minimum absolute atomic E-state index is 0.0719. The molecule has 124 valence electrons. The summed E-state index contributed by atoms with van der Waals surface area (Å²) in [6.45, 7) is 6.39. The molecule has 1 aliphatic rings. The van der Waals surface area contributed by atoms with Crippen LogP contribution in [0.25, 0.3) is 0 Å². The number of rotatable bonds is 2. The third-order valence-corrected chi connectivity index (χ3v) is 5.42. The number of benzene rings is 2. The Morgan fingerprint density at radius 1 is 1.08 bits per heavy atom. The summed E-state index contributed by atoms with van der Waals surface area (Å²) < 4.78 is 0. The molecule has 24 heavy (non-hydrogen) atoms. The molecule has 0 atom stereocenters. The van der Waals surface area contributed by atoms with Gasteiger partial charge >= 0.3 is 0 Å². The molecule has 0 saturated heterocycles. The molecule has 0 unspecified atom stereocenters. The van der Waals surface area contributed by atoms with Crippen LogP contribution in [-0.2, 0) is 5.41 Å². The number of fused-ring (bicyclic) bond motifs is 1. The topological polar surface area (TPSA) is 15.6 Å². The first-order valence-corrected chi connectivity index (χ1v) is 8.62. The lowest BCUT2D eigenvalue weighted by atomic mass is 9.84. The van der Waals surface area contributed by atoms with Gasteiger partial charge in [-0.25, -0.2) is 0 Å². The molecule has 2 aromatic carbocycles. The van der Waals surface area contributed by atoms with E-state index in [1.54, 1.807) is 6.21 Å². The predicted octanol–water partition coefficient (Wildman–Crippen LogP) is 6.32. The summed E-state index contributed by atoms with van der Waals surface area (Å²) >= 11 is 12.5. The lowest BCUT2D eigenvalue weighted by Gasteiger charge is -2.23. The maximum absolute atomic E-state index is 6.32. The normalized spacial score (nSPS) is 17.8. The molecule has 0 aliphatic carbocycles. The van der Waals surface area contributed by atoms with Crippen molar-refractivity contribution in [3.8, 4) is 0 Å². The molecule has 0 bridgehead atoms. The molecule has 0 aromatic heterocycles. The van der Waals surface area contributed by atoms with E-state index in [0.717, 1.165) is 5.56 Å². The zero-order valence-corrected chi connectivity index (χ0v) is 15.8. The SMILES string of the molecule is Cc1ccc(Cl)c(N=C/C=C2\N(C)c3ccccc3C2(C)C)c1Cl. The van der Waals surface area contributed by atoms with Gasteiger partial charge in [-0.15, -0.1) is 0 Å². The number of nitrogens with zero attached hydrogens (tertiary/aromatic N) is 2. The third-order valence-electron chi connectivity index (χ3n) is 4.64. The molecule has 0 amide bonds. The van der Waals surface area contributed by atoms with E-state index in [9.17, 15) is 0 Å². The standard InChI is InChI=1S/C20H20Cl2N2/c1-13-9-10-15(21)19(18(13)22)23-12-11-17-20(2,3)14-7-5-6-8-16(14)24(17)4/h5-12H,1-4H3/b17-11-,23-12?. The molecule has 2 aromatic rings. The monoisotopic (exact) mass is 358 g/mol. The molecular formula is C20H20Cl2N2. The van der Waals surface area contributed by atoms with Gasteiger partial charge in [-0.1, -0.05) is 61.3 Å². The van der Waals surface area contributed by atoms with Crippen molar-refractivity contribution >= 4 is 40.8 Å². The molecule has 3 rings (SSSR count). The minimum atomic E-state index is -0.0719. The Balaban J connectivity index is 1.98. The van der Waals surface area contributed by atoms with Gasteiger partial charge in [-0.05, 0) is 36.3 Å². The van der Waals surface area contributed by atoms with Gasteiger partial charge in [0.2, 0.25) is 0 Å². The minimum Gasteiger partial charge on any atom is -0.347 e. The quantitative estimate of drug-likeness (QED) is 0.573. The molecule has 0 spiro atoms. The lowest BCUT2D eigenvalue weighted by molar-refractivity contribution is 0.641. The summed E-state index contributed by atoms with van der Waals surface area (Å²) in [4.78, 5) is 6.71. The lowest BCUT2D eigenvalue weighted by Crippen LogP contribution is -2.23. The van der Waals surface area contributed by atoms with Crippen LogP contribution in [0.3, 0.4) is 0 Å². The predicted molar refractivity (Wildman–Crippen MR) is 105 cm³/mol. The van der Waals surface area contributed by atoms with Crippen molar-refractivity contribution in [3.63, 3.8) is 0 Å². The van der Waals surface area contributed by atoms with Crippen LogP contribution in [0.5, 0.6) is 0 Å². The largest absolute Gasteiger partial charge is 0.347 e. The number of hydrogen-bond donors (Lipinski definition) is 0. The highest BCUT2D eigenvalue weighted by Gasteiger charge is 2.37. The smallest absolute Gasteiger partial charge is 0.100 e. The second-order valence-corrected chi connectivity index (χ2v) is 7.34. The second kappa shape index (κ2) is 6.27.